The number of methoxy groups -OCH3 is 1. The summed E-state index contributed by atoms with van der Waals surface area (Å²) >= 11 is 0. The number of aromatic nitrogens is 1. The largest absolute Gasteiger partial charge is 0.496 e. The second-order valence-corrected chi connectivity index (χ2v) is 7.63. The number of rotatable bonds is 6. The van der Waals surface area contributed by atoms with E-state index in [-0.39, 0.29) is 0 Å². The number of H-pyrrole nitrogens is 1. The van der Waals surface area contributed by atoms with Gasteiger partial charge in [-0.15, -0.1) is 0 Å². The number of ether oxygens (including phenoxy) is 1. The molecular weight excluding hydrogens is 344 g/mol. The van der Waals surface area contributed by atoms with Crippen molar-refractivity contribution in [3.05, 3.63) is 65.2 Å². The van der Waals surface area contributed by atoms with Crippen LogP contribution < -0.4 is 10.5 Å². The van der Waals surface area contributed by atoms with Gasteiger partial charge < -0.3 is 15.5 Å². The molecule has 4 aromatic rings. The fraction of sp³-hybridized carbons (Fsp3) is 0.280. The van der Waals surface area contributed by atoms with Crippen molar-refractivity contribution in [3.63, 3.8) is 0 Å². The Morgan fingerprint density at radius 2 is 1.71 bits per heavy atom. The Balaban J connectivity index is 1.98. The molecule has 0 bridgehead atoms. The molecule has 3 heteroatoms. The van der Waals surface area contributed by atoms with Crippen LogP contribution in [0.4, 0.5) is 0 Å². The van der Waals surface area contributed by atoms with Crippen molar-refractivity contribution in [2.75, 3.05) is 13.7 Å². The Labute approximate surface area is 166 Å². The van der Waals surface area contributed by atoms with Crippen molar-refractivity contribution in [1.29, 1.82) is 0 Å². The molecule has 4 rings (SSSR count). The maximum Gasteiger partial charge on any atom is 0.128 e. The number of hydrogen-bond acceptors (Lipinski definition) is 2. The van der Waals surface area contributed by atoms with E-state index in [4.69, 9.17) is 10.5 Å². The molecule has 0 fully saturated rings. The third-order valence-corrected chi connectivity index (χ3v) is 5.57. The van der Waals surface area contributed by atoms with Crippen molar-refractivity contribution in [3.8, 4) is 17.0 Å². The van der Waals surface area contributed by atoms with E-state index in [1.807, 2.05) is 0 Å². The molecule has 0 saturated heterocycles. The number of fused-ring (bicyclic) bond motifs is 2. The average molecular weight is 373 g/mol. The van der Waals surface area contributed by atoms with Gasteiger partial charge in [-0.2, -0.15) is 0 Å². The summed E-state index contributed by atoms with van der Waals surface area (Å²) < 4.78 is 5.80. The van der Waals surface area contributed by atoms with Crippen LogP contribution in [0.15, 0.2) is 48.5 Å². The van der Waals surface area contributed by atoms with Gasteiger partial charge in [0.2, 0.25) is 0 Å². The van der Waals surface area contributed by atoms with Gasteiger partial charge in [-0.25, -0.2) is 0 Å². The molecule has 0 aliphatic rings. The number of nitrogens with one attached hydrogen (secondary N) is 1. The van der Waals surface area contributed by atoms with Crippen LogP contribution in [0.25, 0.3) is 32.9 Å². The summed E-state index contributed by atoms with van der Waals surface area (Å²) in [5, 5.41) is 3.73. The average Bonchev–Trinajstić information content (AvgIpc) is 3.06. The lowest BCUT2D eigenvalue weighted by molar-refractivity contribution is 0.417. The molecule has 3 aromatic carbocycles. The van der Waals surface area contributed by atoms with Crippen LogP contribution in [-0.2, 0) is 6.42 Å². The van der Waals surface area contributed by atoms with E-state index >= 15 is 0 Å². The zero-order chi connectivity index (χ0) is 19.7. The van der Waals surface area contributed by atoms with Gasteiger partial charge >= 0.3 is 0 Å². The Morgan fingerprint density at radius 1 is 0.964 bits per heavy atom. The molecule has 1 aromatic heterocycles. The monoisotopic (exact) mass is 372 g/mol. The number of aromatic amines is 1. The number of nitrogens with two attached hydrogens (primary N) is 1. The van der Waals surface area contributed by atoms with Crippen LogP contribution >= 0.6 is 0 Å². The van der Waals surface area contributed by atoms with Crippen molar-refractivity contribution < 1.29 is 4.74 Å². The first-order valence-corrected chi connectivity index (χ1v) is 10.0. The predicted molar refractivity (Wildman–Crippen MR) is 119 cm³/mol. The molecule has 0 saturated carbocycles. The molecule has 3 N–H and O–H groups in total. The van der Waals surface area contributed by atoms with Crippen LogP contribution in [0.5, 0.6) is 5.75 Å². The number of unbranched alkanes of at least 4 members (excludes halogenated alkanes) is 1. The van der Waals surface area contributed by atoms with Gasteiger partial charge in [0.15, 0.2) is 0 Å². The maximum atomic E-state index is 5.80. The van der Waals surface area contributed by atoms with Gasteiger partial charge in [-0.05, 0) is 79.8 Å². The lowest BCUT2D eigenvalue weighted by atomic mass is 9.96. The van der Waals surface area contributed by atoms with Crippen molar-refractivity contribution in [2.45, 2.75) is 33.1 Å². The van der Waals surface area contributed by atoms with Crippen molar-refractivity contribution in [2.24, 2.45) is 5.73 Å². The minimum Gasteiger partial charge on any atom is -0.496 e. The van der Waals surface area contributed by atoms with E-state index in [1.165, 1.54) is 44.1 Å². The maximum absolute atomic E-state index is 5.80. The van der Waals surface area contributed by atoms with Gasteiger partial charge in [0, 0.05) is 16.5 Å². The van der Waals surface area contributed by atoms with E-state index in [2.05, 4.69) is 67.4 Å². The van der Waals surface area contributed by atoms with Crippen LogP contribution in [0.3, 0.4) is 0 Å². The molecule has 0 radical (unpaired) electrons. The standard InChI is InChI=1S/C25H28N2O/c1-16-12-17(2)24-21(13-16)20(10-6-7-11-26)25(27-24)22-14-18-8-4-5-9-19(18)15-23(22)28-3/h4-5,8-9,12-15,27H,6-7,10-11,26H2,1-3H3. The third-order valence-electron chi connectivity index (χ3n) is 5.57. The van der Waals surface area contributed by atoms with E-state index < -0.39 is 0 Å². The molecule has 0 aliphatic heterocycles. The smallest absolute Gasteiger partial charge is 0.128 e. The highest BCUT2D eigenvalue weighted by atomic mass is 16.5. The first kappa shape index (κ1) is 18.6. The Kier molecular flexibility index (Phi) is 5.10. The zero-order valence-corrected chi connectivity index (χ0v) is 16.9. The molecule has 0 unspecified atom stereocenters. The summed E-state index contributed by atoms with van der Waals surface area (Å²) in [6.07, 6.45) is 3.12. The minimum atomic E-state index is 0.731. The van der Waals surface area contributed by atoms with Crippen LogP contribution in [0.2, 0.25) is 0 Å². The van der Waals surface area contributed by atoms with Gasteiger partial charge in [0.1, 0.15) is 5.75 Å². The van der Waals surface area contributed by atoms with E-state index in [0.29, 0.717) is 0 Å². The Hall–Kier alpha value is -2.78. The molecule has 0 amide bonds. The van der Waals surface area contributed by atoms with Gasteiger partial charge in [-0.3, -0.25) is 0 Å². The normalized spacial score (nSPS) is 11.4. The SMILES string of the molecule is COc1cc2ccccc2cc1-c1[nH]c2c(C)cc(C)cc2c1CCCCN. The summed E-state index contributed by atoms with van der Waals surface area (Å²) in [5.41, 5.74) is 13.2. The minimum absolute atomic E-state index is 0.731. The highest BCUT2D eigenvalue weighted by Crippen LogP contribution is 2.39. The van der Waals surface area contributed by atoms with E-state index in [9.17, 15) is 0 Å². The molecule has 28 heavy (non-hydrogen) atoms. The van der Waals surface area contributed by atoms with Crippen molar-refractivity contribution in [1.82, 2.24) is 4.98 Å². The van der Waals surface area contributed by atoms with Gasteiger partial charge in [-0.1, -0.05) is 35.9 Å². The first-order valence-electron chi connectivity index (χ1n) is 10.0. The van der Waals surface area contributed by atoms with Gasteiger partial charge in [0.25, 0.3) is 0 Å². The fourth-order valence-electron chi connectivity index (χ4n) is 4.23. The first-order chi connectivity index (χ1) is 13.6. The molecule has 0 aliphatic carbocycles. The molecular formula is C25H28N2O. The Morgan fingerprint density at radius 3 is 2.43 bits per heavy atom. The van der Waals surface area contributed by atoms with E-state index in [0.717, 1.165) is 37.1 Å². The van der Waals surface area contributed by atoms with Crippen LogP contribution in [0.1, 0.15) is 29.5 Å². The highest BCUT2D eigenvalue weighted by molar-refractivity contribution is 5.97. The molecule has 0 atom stereocenters. The summed E-state index contributed by atoms with van der Waals surface area (Å²) in [7, 11) is 1.75. The number of hydrogen-bond donors (Lipinski definition) is 2. The second-order valence-electron chi connectivity index (χ2n) is 7.63. The van der Waals surface area contributed by atoms with Crippen LogP contribution in [-0.4, -0.2) is 18.6 Å². The number of benzene rings is 3. The lowest BCUT2D eigenvalue weighted by Crippen LogP contribution is -1.99. The fourth-order valence-corrected chi connectivity index (χ4v) is 4.23. The quantitative estimate of drug-likeness (QED) is 0.414. The summed E-state index contributed by atoms with van der Waals surface area (Å²) in [6.45, 7) is 5.07. The lowest BCUT2D eigenvalue weighted by Gasteiger charge is -2.12. The summed E-state index contributed by atoms with van der Waals surface area (Å²) in [6, 6.07) is 17.4. The predicted octanol–water partition coefficient (Wildman–Crippen LogP) is 5.89. The summed E-state index contributed by atoms with van der Waals surface area (Å²) in [5.74, 6) is 0.903. The van der Waals surface area contributed by atoms with Crippen LogP contribution in [0, 0.1) is 13.8 Å². The third kappa shape index (κ3) is 3.27. The van der Waals surface area contributed by atoms with Crippen molar-refractivity contribution >= 4 is 21.7 Å². The topological polar surface area (TPSA) is 51.0 Å². The zero-order valence-electron chi connectivity index (χ0n) is 16.9. The summed E-state index contributed by atoms with van der Waals surface area (Å²) in [4.78, 5) is 3.73. The Bertz CT molecular complexity index is 1140. The molecule has 1 heterocycles. The van der Waals surface area contributed by atoms with Gasteiger partial charge in [0.05, 0.1) is 12.8 Å². The van der Waals surface area contributed by atoms with E-state index in [1.54, 1.807) is 7.11 Å². The highest BCUT2D eigenvalue weighted by Gasteiger charge is 2.18. The molecule has 144 valence electrons. The number of aryl methyl sites for hydroxylation is 3. The molecule has 3 nitrogen and oxygen atoms in total. The molecule has 0 spiro atoms. The second kappa shape index (κ2) is 7.69.